The zero-order chi connectivity index (χ0) is 14.5. The molecule has 1 aliphatic rings. The first-order chi connectivity index (χ1) is 9.67. The minimum Gasteiger partial charge on any atom is -0.339 e. The van der Waals surface area contributed by atoms with E-state index < -0.39 is 0 Å². The minimum absolute atomic E-state index is 0.0603. The smallest absolute Gasteiger partial charge is 0.236 e. The maximum Gasteiger partial charge on any atom is 0.236 e. The van der Waals surface area contributed by atoms with Crippen molar-refractivity contribution in [3.63, 3.8) is 0 Å². The van der Waals surface area contributed by atoms with E-state index in [4.69, 9.17) is 0 Å². The van der Waals surface area contributed by atoms with Crippen molar-refractivity contribution in [2.45, 2.75) is 69.4 Å². The number of nitrogens with zero attached hydrogens (tertiary/aromatic N) is 3. The van der Waals surface area contributed by atoms with Crippen LogP contribution in [0.15, 0.2) is 17.6 Å². The van der Waals surface area contributed by atoms with Crippen LogP contribution in [0.4, 0.5) is 0 Å². The molecule has 1 saturated heterocycles. The molecule has 1 amide bonds. The van der Waals surface area contributed by atoms with Gasteiger partial charge in [0, 0.05) is 31.5 Å². The summed E-state index contributed by atoms with van der Waals surface area (Å²) in [6.45, 7) is 8.09. The summed E-state index contributed by atoms with van der Waals surface area (Å²) < 4.78 is 2.09. The third kappa shape index (κ3) is 3.37. The molecule has 2 rings (SSSR count). The molecule has 5 heteroatoms. The SMILES string of the molecule is CCC1CCCCN1C(=O)C(C)Sc1nccn1CC. The van der Waals surface area contributed by atoms with E-state index in [1.807, 2.05) is 13.1 Å². The van der Waals surface area contributed by atoms with Crippen molar-refractivity contribution in [2.75, 3.05) is 6.54 Å². The van der Waals surface area contributed by atoms with Crippen LogP contribution in [0.2, 0.25) is 0 Å². The molecular formula is C15H25N3OS. The van der Waals surface area contributed by atoms with Crippen LogP contribution >= 0.6 is 11.8 Å². The molecule has 4 nitrogen and oxygen atoms in total. The molecule has 0 N–H and O–H groups in total. The first-order valence-electron chi connectivity index (χ1n) is 7.65. The van der Waals surface area contributed by atoms with Gasteiger partial charge in [-0.3, -0.25) is 4.79 Å². The average molecular weight is 295 g/mol. The Labute approximate surface area is 125 Å². The Balaban J connectivity index is 2.00. The Hall–Kier alpha value is -0.970. The summed E-state index contributed by atoms with van der Waals surface area (Å²) in [5, 5.41) is 0.883. The highest BCUT2D eigenvalue weighted by Crippen LogP contribution is 2.27. The average Bonchev–Trinajstić information content (AvgIpc) is 2.93. The normalized spacial score (nSPS) is 20.9. The van der Waals surface area contributed by atoms with Crippen molar-refractivity contribution in [1.29, 1.82) is 0 Å². The lowest BCUT2D eigenvalue weighted by Crippen LogP contribution is -2.46. The van der Waals surface area contributed by atoms with E-state index in [0.29, 0.717) is 6.04 Å². The molecule has 2 unspecified atom stereocenters. The Morgan fingerprint density at radius 2 is 2.30 bits per heavy atom. The topological polar surface area (TPSA) is 38.1 Å². The van der Waals surface area contributed by atoms with Gasteiger partial charge < -0.3 is 9.47 Å². The van der Waals surface area contributed by atoms with Crippen LogP contribution in [0.3, 0.4) is 0 Å². The van der Waals surface area contributed by atoms with E-state index in [0.717, 1.165) is 37.5 Å². The van der Waals surface area contributed by atoms with Gasteiger partial charge >= 0.3 is 0 Å². The van der Waals surface area contributed by atoms with E-state index in [1.165, 1.54) is 6.42 Å². The summed E-state index contributed by atoms with van der Waals surface area (Å²) in [5.74, 6) is 0.271. The second-order valence-corrected chi connectivity index (χ2v) is 6.65. The number of piperidine rings is 1. The number of carbonyl (C=O) groups excluding carboxylic acids is 1. The predicted molar refractivity (Wildman–Crippen MR) is 82.9 cm³/mol. The largest absolute Gasteiger partial charge is 0.339 e. The lowest BCUT2D eigenvalue weighted by Gasteiger charge is -2.36. The molecule has 0 aromatic carbocycles. The number of likely N-dealkylation sites (tertiary alicyclic amines) is 1. The van der Waals surface area contributed by atoms with Gasteiger partial charge in [-0.15, -0.1) is 0 Å². The van der Waals surface area contributed by atoms with Crippen LogP contribution in [0.25, 0.3) is 0 Å². The fourth-order valence-corrected chi connectivity index (χ4v) is 3.81. The van der Waals surface area contributed by atoms with Gasteiger partial charge in [0.25, 0.3) is 0 Å². The van der Waals surface area contributed by atoms with Gasteiger partial charge in [-0.05, 0) is 39.5 Å². The molecule has 1 aliphatic heterocycles. The first-order valence-corrected chi connectivity index (χ1v) is 8.53. The van der Waals surface area contributed by atoms with Crippen molar-refractivity contribution in [2.24, 2.45) is 0 Å². The minimum atomic E-state index is -0.0603. The zero-order valence-corrected chi connectivity index (χ0v) is 13.5. The maximum absolute atomic E-state index is 12.7. The highest BCUT2D eigenvalue weighted by atomic mass is 32.2. The van der Waals surface area contributed by atoms with Crippen molar-refractivity contribution in [3.05, 3.63) is 12.4 Å². The third-order valence-electron chi connectivity index (χ3n) is 4.03. The number of hydrogen-bond acceptors (Lipinski definition) is 3. The van der Waals surface area contributed by atoms with Gasteiger partial charge in [-0.1, -0.05) is 18.7 Å². The highest BCUT2D eigenvalue weighted by Gasteiger charge is 2.29. The van der Waals surface area contributed by atoms with Gasteiger partial charge in [0.2, 0.25) is 5.91 Å². The van der Waals surface area contributed by atoms with Gasteiger partial charge in [0.05, 0.1) is 5.25 Å². The van der Waals surface area contributed by atoms with Crippen molar-refractivity contribution < 1.29 is 4.79 Å². The van der Waals surface area contributed by atoms with Gasteiger partial charge in [0.15, 0.2) is 5.16 Å². The summed E-state index contributed by atoms with van der Waals surface area (Å²) in [6.07, 6.45) is 8.39. The molecule has 20 heavy (non-hydrogen) atoms. The molecule has 1 fully saturated rings. The first kappa shape index (κ1) is 15.4. The molecule has 0 saturated carbocycles. The number of carbonyl (C=O) groups is 1. The number of imidazole rings is 1. The lowest BCUT2D eigenvalue weighted by molar-refractivity contribution is -0.134. The van der Waals surface area contributed by atoms with Crippen LogP contribution in [0, 0.1) is 0 Å². The quantitative estimate of drug-likeness (QED) is 0.783. The molecule has 2 heterocycles. The molecule has 0 bridgehead atoms. The van der Waals surface area contributed by atoms with Crippen LogP contribution in [0.1, 0.15) is 46.5 Å². The van der Waals surface area contributed by atoms with Crippen LogP contribution < -0.4 is 0 Å². The predicted octanol–water partition coefficient (Wildman–Crippen LogP) is 3.17. The summed E-state index contributed by atoms with van der Waals surface area (Å²) in [4.78, 5) is 19.1. The van der Waals surface area contributed by atoms with E-state index in [1.54, 1.807) is 18.0 Å². The van der Waals surface area contributed by atoms with E-state index in [2.05, 4.69) is 28.3 Å². The number of aromatic nitrogens is 2. The van der Waals surface area contributed by atoms with E-state index in [9.17, 15) is 4.79 Å². The number of aryl methyl sites for hydroxylation is 1. The molecule has 0 aliphatic carbocycles. The summed E-state index contributed by atoms with van der Waals surface area (Å²) in [7, 11) is 0. The molecule has 0 radical (unpaired) electrons. The maximum atomic E-state index is 12.7. The number of rotatable bonds is 5. The zero-order valence-electron chi connectivity index (χ0n) is 12.7. The fraction of sp³-hybridized carbons (Fsp3) is 0.733. The Kier molecular flexibility index (Phi) is 5.52. The molecule has 112 valence electrons. The molecular weight excluding hydrogens is 270 g/mol. The lowest BCUT2D eigenvalue weighted by atomic mass is 10.00. The summed E-state index contributed by atoms with van der Waals surface area (Å²) in [6, 6.07) is 0.435. The standard InChI is InChI=1S/C15H25N3OS/c1-4-13-8-6-7-10-18(13)14(19)12(3)20-15-16-9-11-17(15)5-2/h9,11-13H,4-8,10H2,1-3H3. The van der Waals surface area contributed by atoms with Gasteiger partial charge in [-0.25, -0.2) is 4.98 Å². The van der Waals surface area contributed by atoms with Crippen LogP contribution in [-0.4, -0.2) is 38.2 Å². The Morgan fingerprint density at radius 1 is 1.50 bits per heavy atom. The molecule has 0 spiro atoms. The van der Waals surface area contributed by atoms with Crippen molar-refractivity contribution in [3.8, 4) is 0 Å². The van der Waals surface area contributed by atoms with Crippen molar-refractivity contribution >= 4 is 17.7 Å². The van der Waals surface area contributed by atoms with E-state index in [-0.39, 0.29) is 11.2 Å². The van der Waals surface area contributed by atoms with Crippen LogP contribution in [0.5, 0.6) is 0 Å². The monoisotopic (exact) mass is 295 g/mol. The number of thioether (sulfide) groups is 1. The van der Waals surface area contributed by atoms with E-state index >= 15 is 0 Å². The second kappa shape index (κ2) is 7.16. The molecule has 1 aromatic heterocycles. The molecule has 1 aromatic rings. The van der Waals surface area contributed by atoms with Gasteiger partial charge in [-0.2, -0.15) is 0 Å². The third-order valence-corrected chi connectivity index (χ3v) is 5.14. The Morgan fingerprint density at radius 3 is 3.00 bits per heavy atom. The molecule has 2 atom stereocenters. The fourth-order valence-electron chi connectivity index (χ4n) is 2.81. The van der Waals surface area contributed by atoms with Crippen LogP contribution in [-0.2, 0) is 11.3 Å². The number of amides is 1. The highest BCUT2D eigenvalue weighted by molar-refractivity contribution is 8.00. The Bertz CT molecular complexity index is 446. The van der Waals surface area contributed by atoms with Crippen molar-refractivity contribution in [1.82, 2.24) is 14.5 Å². The number of hydrogen-bond donors (Lipinski definition) is 0. The summed E-state index contributed by atoms with van der Waals surface area (Å²) >= 11 is 1.58. The second-order valence-electron chi connectivity index (χ2n) is 5.35. The summed E-state index contributed by atoms with van der Waals surface area (Å²) in [5.41, 5.74) is 0. The van der Waals surface area contributed by atoms with Gasteiger partial charge in [0.1, 0.15) is 0 Å².